The fourth-order valence-electron chi connectivity index (χ4n) is 6.24. The van der Waals surface area contributed by atoms with E-state index >= 15 is 0 Å². The lowest BCUT2D eigenvalue weighted by Crippen LogP contribution is -2.29. The van der Waals surface area contributed by atoms with Crippen LogP contribution in [0.1, 0.15) is 194 Å². The van der Waals surface area contributed by atoms with Crippen molar-refractivity contribution in [2.75, 3.05) is 33.0 Å². The number of hydrogen-bond acceptors (Lipinski definition) is 8. The topological polar surface area (TPSA) is 132 Å². The number of aliphatic hydroxyl groups is 2. The molecule has 0 heterocycles. The Hall–Kier alpha value is -1.84. The molecule has 58 heavy (non-hydrogen) atoms. The molecular formula is C48H87O9P. The van der Waals surface area contributed by atoms with Gasteiger partial charge in [0.15, 0.2) is 0 Å². The van der Waals surface area contributed by atoms with Crippen LogP contribution in [-0.2, 0) is 27.9 Å². The van der Waals surface area contributed by atoms with Crippen LogP contribution in [0.4, 0.5) is 0 Å². The highest BCUT2D eigenvalue weighted by Gasteiger charge is 2.26. The van der Waals surface area contributed by atoms with Crippen molar-refractivity contribution in [1.82, 2.24) is 0 Å². The molecule has 0 aromatic carbocycles. The molecule has 338 valence electrons. The Labute approximate surface area is 355 Å². The molecule has 0 saturated carbocycles. The quantitative estimate of drug-likeness (QED) is 0.0237. The van der Waals surface area contributed by atoms with Crippen molar-refractivity contribution in [3.8, 4) is 0 Å². The lowest BCUT2D eigenvalue weighted by atomic mass is 10.0. The molecule has 0 aliphatic heterocycles. The molecule has 0 aromatic rings. The summed E-state index contributed by atoms with van der Waals surface area (Å²) in [5.74, 6) is -0.405. The van der Waals surface area contributed by atoms with E-state index in [1.54, 1.807) is 0 Å². The number of carbonyl (C=O) groups excluding carboxylic acids is 1. The summed E-state index contributed by atoms with van der Waals surface area (Å²) >= 11 is 0. The van der Waals surface area contributed by atoms with Gasteiger partial charge in [0.1, 0.15) is 12.2 Å². The average Bonchev–Trinajstić information content (AvgIpc) is 3.21. The Balaban J connectivity index is 4.18. The van der Waals surface area contributed by atoms with Crippen molar-refractivity contribution in [2.24, 2.45) is 0 Å². The summed E-state index contributed by atoms with van der Waals surface area (Å²) in [7, 11) is -4.54. The molecule has 9 nitrogen and oxygen atoms in total. The van der Waals surface area contributed by atoms with E-state index in [0.29, 0.717) is 13.0 Å². The molecule has 3 N–H and O–H groups in total. The van der Waals surface area contributed by atoms with Crippen molar-refractivity contribution in [1.29, 1.82) is 0 Å². The van der Waals surface area contributed by atoms with Crippen LogP contribution in [0.3, 0.4) is 0 Å². The third kappa shape index (κ3) is 43.7. The van der Waals surface area contributed by atoms with Gasteiger partial charge in [0.05, 0.1) is 33.0 Å². The van der Waals surface area contributed by atoms with Gasteiger partial charge in [-0.25, -0.2) is 4.57 Å². The zero-order chi connectivity index (χ0) is 42.5. The molecule has 0 spiro atoms. The molecular weight excluding hydrogens is 751 g/mol. The van der Waals surface area contributed by atoms with E-state index in [1.807, 2.05) is 6.08 Å². The van der Waals surface area contributed by atoms with Crippen LogP contribution in [0.5, 0.6) is 0 Å². The molecule has 0 fully saturated rings. The highest BCUT2D eigenvalue weighted by Crippen LogP contribution is 2.43. The third-order valence-electron chi connectivity index (χ3n) is 9.74. The van der Waals surface area contributed by atoms with Crippen molar-refractivity contribution in [2.45, 2.75) is 206 Å². The summed E-state index contributed by atoms with van der Waals surface area (Å²) < 4.78 is 33.3. The van der Waals surface area contributed by atoms with Gasteiger partial charge in [-0.1, -0.05) is 203 Å². The van der Waals surface area contributed by atoms with E-state index in [1.165, 1.54) is 116 Å². The van der Waals surface area contributed by atoms with E-state index in [2.05, 4.69) is 68.5 Å². The van der Waals surface area contributed by atoms with Crippen LogP contribution in [-0.4, -0.2) is 66.3 Å². The minimum atomic E-state index is -4.54. The van der Waals surface area contributed by atoms with Crippen LogP contribution >= 0.6 is 7.82 Å². The normalized spacial score (nSPS) is 14.5. The van der Waals surface area contributed by atoms with Crippen LogP contribution in [0.15, 0.2) is 60.8 Å². The maximum atomic E-state index is 12.6. The standard InChI is InChI=1S/C48H87O9P/c1-3-5-7-9-11-13-15-17-19-21-22-23-24-25-26-28-30-32-34-36-38-40-48(51)57-47(45-56-58(52,53)55-43-46(50)42-49)44-54-41-39-37-35-33-31-29-27-20-18-16-14-12-10-8-6-4-2/h6,8,12,14,18,20,29,31,35,37,46-47,49-50H,3-5,7,9-11,13,15-17,19,21-28,30,32-34,36,38-45H2,1-2H3,(H,52,53)/b8-6-,14-12-,20-18-,31-29-,37-35-. The molecule has 0 aliphatic rings. The first-order valence-corrected chi connectivity index (χ1v) is 24.8. The van der Waals surface area contributed by atoms with E-state index in [-0.39, 0.29) is 13.0 Å². The number of phosphoric ester groups is 1. The second-order valence-corrected chi connectivity index (χ2v) is 16.9. The first-order valence-electron chi connectivity index (χ1n) is 23.3. The Morgan fingerprint density at radius 1 is 0.552 bits per heavy atom. The lowest BCUT2D eigenvalue weighted by molar-refractivity contribution is -0.154. The zero-order valence-electron chi connectivity index (χ0n) is 37.0. The van der Waals surface area contributed by atoms with Crippen molar-refractivity contribution >= 4 is 13.8 Å². The molecule has 3 atom stereocenters. The van der Waals surface area contributed by atoms with Crippen LogP contribution < -0.4 is 0 Å². The molecule has 0 aromatic heterocycles. The summed E-state index contributed by atoms with van der Waals surface area (Å²) in [5.41, 5.74) is 0. The first-order chi connectivity index (χ1) is 28.3. The zero-order valence-corrected chi connectivity index (χ0v) is 37.9. The SMILES string of the molecule is CC/C=C\C/C=C\C/C=C\C/C=C\C/C=C\CCOCC(COP(=O)(O)OCC(O)CO)OC(=O)CCCCCCCCCCCCCCCCCCCCCCC. The minimum absolute atomic E-state index is 0.00494. The summed E-state index contributed by atoms with van der Waals surface area (Å²) in [4.78, 5) is 22.6. The lowest BCUT2D eigenvalue weighted by Gasteiger charge is -2.20. The number of unbranched alkanes of at least 4 members (excludes halogenated alkanes) is 20. The second-order valence-electron chi connectivity index (χ2n) is 15.4. The fraction of sp³-hybridized carbons (Fsp3) is 0.771. The number of carbonyl (C=O) groups is 1. The van der Waals surface area contributed by atoms with Gasteiger partial charge in [-0.05, 0) is 44.9 Å². The molecule has 0 aliphatic carbocycles. The molecule has 3 unspecified atom stereocenters. The summed E-state index contributed by atoms with van der Waals surface area (Å²) in [6.07, 6.45) is 52.1. The largest absolute Gasteiger partial charge is 0.472 e. The van der Waals surface area contributed by atoms with E-state index in [9.17, 15) is 19.4 Å². The van der Waals surface area contributed by atoms with Crippen LogP contribution in [0.25, 0.3) is 0 Å². The summed E-state index contributed by atoms with van der Waals surface area (Å²) in [6.45, 7) is 3.19. The van der Waals surface area contributed by atoms with Gasteiger partial charge >= 0.3 is 13.8 Å². The third-order valence-corrected chi connectivity index (χ3v) is 10.7. The Morgan fingerprint density at radius 2 is 0.948 bits per heavy atom. The van der Waals surface area contributed by atoms with Crippen LogP contribution in [0.2, 0.25) is 0 Å². The predicted molar refractivity (Wildman–Crippen MR) is 242 cm³/mol. The highest BCUT2D eigenvalue weighted by atomic mass is 31.2. The number of aliphatic hydroxyl groups excluding tert-OH is 2. The van der Waals surface area contributed by atoms with Gasteiger partial charge in [0.25, 0.3) is 0 Å². The smallest absolute Gasteiger partial charge is 0.457 e. The highest BCUT2D eigenvalue weighted by molar-refractivity contribution is 7.47. The average molecular weight is 839 g/mol. The Kier molecular flexibility index (Phi) is 43.3. The molecule has 10 heteroatoms. The maximum absolute atomic E-state index is 12.6. The van der Waals surface area contributed by atoms with Gasteiger partial charge in [-0.15, -0.1) is 0 Å². The van der Waals surface area contributed by atoms with Crippen molar-refractivity contribution < 1.29 is 43.0 Å². The summed E-state index contributed by atoms with van der Waals surface area (Å²) in [5, 5.41) is 18.4. The number of ether oxygens (including phenoxy) is 2. The monoisotopic (exact) mass is 839 g/mol. The molecule has 0 bridgehead atoms. The van der Waals surface area contributed by atoms with E-state index < -0.39 is 45.8 Å². The molecule has 0 amide bonds. The van der Waals surface area contributed by atoms with Gasteiger partial charge in [0, 0.05) is 6.42 Å². The van der Waals surface area contributed by atoms with Crippen molar-refractivity contribution in [3.63, 3.8) is 0 Å². The van der Waals surface area contributed by atoms with Gasteiger partial charge < -0.3 is 24.6 Å². The number of allylic oxidation sites excluding steroid dienone is 9. The summed E-state index contributed by atoms with van der Waals surface area (Å²) in [6, 6.07) is 0. The molecule has 0 rings (SSSR count). The van der Waals surface area contributed by atoms with Crippen molar-refractivity contribution in [3.05, 3.63) is 60.8 Å². The fourth-order valence-corrected chi connectivity index (χ4v) is 7.03. The number of esters is 1. The Morgan fingerprint density at radius 3 is 1.38 bits per heavy atom. The van der Waals surface area contributed by atoms with Gasteiger partial charge in [0.2, 0.25) is 0 Å². The van der Waals surface area contributed by atoms with E-state index in [0.717, 1.165) is 51.4 Å². The maximum Gasteiger partial charge on any atom is 0.472 e. The Bertz CT molecular complexity index is 1090. The first kappa shape index (κ1) is 56.2. The van der Waals surface area contributed by atoms with E-state index in [4.69, 9.17) is 23.6 Å². The predicted octanol–water partition coefficient (Wildman–Crippen LogP) is 13.1. The molecule has 0 saturated heterocycles. The number of phosphoric acid groups is 1. The number of hydrogen-bond donors (Lipinski definition) is 3. The minimum Gasteiger partial charge on any atom is -0.457 e. The van der Waals surface area contributed by atoms with Gasteiger partial charge in [-0.2, -0.15) is 0 Å². The number of rotatable bonds is 44. The van der Waals surface area contributed by atoms with Crippen LogP contribution in [0, 0.1) is 0 Å². The van der Waals surface area contributed by atoms with Gasteiger partial charge in [-0.3, -0.25) is 13.8 Å². The molecule has 0 radical (unpaired) electrons. The second kappa shape index (κ2) is 44.7.